The number of rotatable bonds is 4. The second-order valence-corrected chi connectivity index (χ2v) is 4.77. The molecule has 18 heavy (non-hydrogen) atoms. The fourth-order valence-corrected chi connectivity index (χ4v) is 2.31. The first-order valence-electron chi connectivity index (χ1n) is 6.12. The summed E-state index contributed by atoms with van der Waals surface area (Å²) in [6, 6.07) is 1.95. The summed E-state index contributed by atoms with van der Waals surface area (Å²) in [5, 5.41) is 3.09. The van der Waals surface area contributed by atoms with Crippen LogP contribution >= 0.6 is 0 Å². The number of benzene rings is 1. The van der Waals surface area contributed by atoms with Crippen LogP contribution in [0.5, 0.6) is 0 Å². The van der Waals surface area contributed by atoms with Crippen LogP contribution in [0, 0.1) is 17.5 Å². The predicted octanol–water partition coefficient (Wildman–Crippen LogP) is 2.29. The summed E-state index contributed by atoms with van der Waals surface area (Å²) in [7, 11) is 2.05. The Kier molecular flexibility index (Phi) is 4.24. The summed E-state index contributed by atoms with van der Waals surface area (Å²) in [5.41, 5.74) is 0.162. The molecule has 1 unspecified atom stereocenters. The minimum atomic E-state index is -1.15. The monoisotopic (exact) mass is 258 g/mol. The van der Waals surface area contributed by atoms with Crippen LogP contribution in [-0.2, 0) is 6.54 Å². The highest BCUT2D eigenvalue weighted by Crippen LogP contribution is 2.15. The molecule has 1 saturated heterocycles. The van der Waals surface area contributed by atoms with Gasteiger partial charge in [-0.2, -0.15) is 0 Å². The summed E-state index contributed by atoms with van der Waals surface area (Å²) in [4.78, 5) is 2.24. The maximum absolute atomic E-state index is 13.4. The van der Waals surface area contributed by atoms with E-state index in [2.05, 4.69) is 17.3 Å². The average Bonchev–Trinajstić information content (AvgIpc) is 2.72. The van der Waals surface area contributed by atoms with Crippen molar-refractivity contribution in [2.75, 3.05) is 20.1 Å². The van der Waals surface area contributed by atoms with Crippen molar-refractivity contribution in [2.24, 2.45) is 0 Å². The van der Waals surface area contributed by atoms with Crippen molar-refractivity contribution in [2.45, 2.75) is 25.4 Å². The summed E-state index contributed by atoms with van der Waals surface area (Å²) >= 11 is 0. The minimum absolute atomic E-state index is 0.162. The molecule has 0 aromatic heterocycles. The summed E-state index contributed by atoms with van der Waals surface area (Å²) < 4.78 is 39.1. The van der Waals surface area contributed by atoms with Gasteiger partial charge in [0.2, 0.25) is 0 Å². The lowest BCUT2D eigenvalue weighted by atomic mass is 10.2. The number of hydrogen-bond acceptors (Lipinski definition) is 2. The van der Waals surface area contributed by atoms with Crippen LogP contribution in [0.4, 0.5) is 13.2 Å². The molecule has 1 aromatic rings. The largest absolute Gasteiger partial charge is 0.311 e. The smallest absolute Gasteiger partial charge is 0.161 e. The van der Waals surface area contributed by atoms with E-state index in [-0.39, 0.29) is 12.1 Å². The zero-order valence-corrected chi connectivity index (χ0v) is 10.3. The Hall–Kier alpha value is -1.07. The number of halogens is 3. The van der Waals surface area contributed by atoms with E-state index in [0.717, 1.165) is 25.6 Å². The predicted molar refractivity (Wildman–Crippen MR) is 63.7 cm³/mol. The van der Waals surface area contributed by atoms with Crippen LogP contribution < -0.4 is 5.32 Å². The van der Waals surface area contributed by atoms with Gasteiger partial charge in [0.15, 0.2) is 11.6 Å². The Balaban J connectivity index is 1.88. The van der Waals surface area contributed by atoms with Crippen molar-refractivity contribution in [1.29, 1.82) is 0 Å². The van der Waals surface area contributed by atoms with Gasteiger partial charge in [-0.15, -0.1) is 0 Å². The molecule has 0 radical (unpaired) electrons. The second-order valence-electron chi connectivity index (χ2n) is 4.77. The molecule has 1 atom stereocenters. The second kappa shape index (κ2) is 5.71. The van der Waals surface area contributed by atoms with E-state index >= 15 is 0 Å². The Morgan fingerprint density at radius 3 is 2.61 bits per heavy atom. The molecule has 1 aliphatic heterocycles. The topological polar surface area (TPSA) is 15.3 Å². The molecule has 2 nitrogen and oxygen atoms in total. The lowest BCUT2D eigenvalue weighted by Gasteiger charge is -2.19. The fourth-order valence-electron chi connectivity index (χ4n) is 2.31. The average molecular weight is 258 g/mol. The van der Waals surface area contributed by atoms with Crippen LogP contribution in [0.25, 0.3) is 0 Å². The van der Waals surface area contributed by atoms with Crippen molar-refractivity contribution in [3.8, 4) is 0 Å². The molecular weight excluding hydrogens is 241 g/mol. The maximum atomic E-state index is 13.4. The first-order valence-corrected chi connectivity index (χ1v) is 6.12. The highest BCUT2D eigenvalue weighted by Gasteiger charge is 2.20. The van der Waals surface area contributed by atoms with Gasteiger partial charge in [0.1, 0.15) is 5.82 Å². The van der Waals surface area contributed by atoms with E-state index in [0.29, 0.717) is 12.1 Å². The molecule has 1 aromatic carbocycles. The van der Waals surface area contributed by atoms with Gasteiger partial charge in [-0.1, -0.05) is 0 Å². The molecule has 0 aliphatic carbocycles. The lowest BCUT2D eigenvalue weighted by molar-refractivity contribution is 0.299. The normalized spacial score (nSPS) is 20.6. The van der Waals surface area contributed by atoms with Crippen LogP contribution in [-0.4, -0.2) is 31.1 Å². The first kappa shape index (κ1) is 13.4. The van der Waals surface area contributed by atoms with Gasteiger partial charge in [-0.3, -0.25) is 0 Å². The Morgan fingerprint density at radius 1 is 1.22 bits per heavy atom. The molecule has 1 heterocycles. The van der Waals surface area contributed by atoms with E-state index in [1.54, 1.807) is 0 Å². The molecule has 2 rings (SSSR count). The Bertz CT molecular complexity index is 423. The van der Waals surface area contributed by atoms with Gasteiger partial charge in [0, 0.05) is 30.8 Å². The molecule has 0 saturated carbocycles. The van der Waals surface area contributed by atoms with Gasteiger partial charge in [-0.05, 0) is 32.5 Å². The third kappa shape index (κ3) is 3.03. The van der Waals surface area contributed by atoms with Crippen molar-refractivity contribution in [1.82, 2.24) is 10.2 Å². The van der Waals surface area contributed by atoms with E-state index in [1.165, 1.54) is 6.42 Å². The van der Waals surface area contributed by atoms with Gasteiger partial charge in [0.05, 0.1) is 0 Å². The van der Waals surface area contributed by atoms with Gasteiger partial charge in [0.25, 0.3) is 0 Å². The number of nitrogens with zero attached hydrogens (tertiary/aromatic N) is 1. The zero-order chi connectivity index (χ0) is 13.1. The highest BCUT2D eigenvalue weighted by atomic mass is 19.2. The fraction of sp³-hybridized carbons (Fsp3) is 0.538. The van der Waals surface area contributed by atoms with E-state index < -0.39 is 17.5 Å². The quantitative estimate of drug-likeness (QED) is 0.834. The van der Waals surface area contributed by atoms with Crippen molar-refractivity contribution in [3.63, 3.8) is 0 Å². The third-order valence-corrected chi connectivity index (χ3v) is 3.46. The first-order chi connectivity index (χ1) is 8.58. The molecule has 5 heteroatoms. The molecular formula is C13H17F3N2. The number of likely N-dealkylation sites (N-methyl/N-ethyl adjacent to an activating group) is 1. The number of nitrogens with one attached hydrogen (secondary N) is 1. The number of likely N-dealkylation sites (tertiary alicyclic amines) is 1. The minimum Gasteiger partial charge on any atom is -0.311 e. The molecule has 0 bridgehead atoms. The SMILES string of the molecule is CN1CCCC1CNCc1cc(F)c(F)cc1F. The Labute approximate surface area is 105 Å². The van der Waals surface area contributed by atoms with Crippen LogP contribution in [0.15, 0.2) is 12.1 Å². The molecule has 100 valence electrons. The summed E-state index contributed by atoms with van der Waals surface area (Å²) in [6.07, 6.45) is 2.28. The van der Waals surface area contributed by atoms with Crippen LogP contribution in [0.3, 0.4) is 0 Å². The van der Waals surface area contributed by atoms with E-state index in [4.69, 9.17) is 0 Å². The highest BCUT2D eigenvalue weighted by molar-refractivity contribution is 5.19. The molecule has 0 amide bonds. The van der Waals surface area contributed by atoms with Gasteiger partial charge >= 0.3 is 0 Å². The number of hydrogen-bond donors (Lipinski definition) is 1. The zero-order valence-electron chi connectivity index (χ0n) is 10.3. The van der Waals surface area contributed by atoms with Gasteiger partial charge < -0.3 is 10.2 Å². The Morgan fingerprint density at radius 2 is 1.94 bits per heavy atom. The summed E-state index contributed by atoms with van der Waals surface area (Å²) in [5.74, 6) is -2.86. The molecule has 1 fully saturated rings. The van der Waals surface area contributed by atoms with Crippen molar-refractivity contribution >= 4 is 0 Å². The molecule has 1 N–H and O–H groups in total. The third-order valence-electron chi connectivity index (χ3n) is 3.46. The standard InChI is InChI=1S/C13H17F3N2/c1-18-4-2-3-10(18)8-17-7-9-5-12(15)13(16)6-11(9)14/h5-6,10,17H,2-4,7-8H2,1H3. The molecule has 0 spiro atoms. The summed E-state index contributed by atoms with van der Waals surface area (Å²) in [6.45, 7) is 2.02. The maximum Gasteiger partial charge on any atom is 0.161 e. The van der Waals surface area contributed by atoms with Crippen molar-refractivity contribution in [3.05, 3.63) is 35.1 Å². The van der Waals surface area contributed by atoms with E-state index in [1.807, 2.05) is 0 Å². The van der Waals surface area contributed by atoms with Gasteiger partial charge in [-0.25, -0.2) is 13.2 Å². The lowest BCUT2D eigenvalue weighted by Crippen LogP contribution is -2.35. The van der Waals surface area contributed by atoms with E-state index in [9.17, 15) is 13.2 Å². The van der Waals surface area contributed by atoms with Crippen LogP contribution in [0.2, 0.25) is 0 Å². The van der Waals surface area contributed by atoms with Crippen molar-refractivity contribution < 1.29 is 13.2 Å². The molecule has 1 aliphatic rings. The van der Waals surface area contributed by atoms with Crippen LogP contribution in [0.1, 0.15) is 18.4 Å².